The number of aromatic nitrogens is 1. The topological polar surface area (TPSA) is 95.0 Å². The van der Waals surface area contributed by atoms with E-state index >= 15 is 0 Å². The van der Waals surface area contributed by atoms with Gasteiger partial charge in [0.1, 0.15) is 16.5 Å². The van der Waals surface area contributed by atoms with Crippen molar-refractivity contribution in [3.05, 3.63) is 66.2 Å². The van der Waals surface area contributed by atoms with Gasteiger partial charge in [-0.3, -0.25) is 4.72 Å². The van der Waals surface area contributed by atoms with Crippen LogP contribution < -0.4 is 9.46 Å². The number of nitrogens with zero attached hydrogens (tertiary/aromatic N) is 1. The molecule has 1 aromatic heterocycles. The fourth-order valence-corrected chi connectivity index (χ4v) is 3.71. The van der Waals surface area contributed by atoms with Crippen LogP contribution in [0.2, 0.25) is 0 Å². The summed E-state index contributed by atoms with van der Waals surface area (Å²) in [7, 11) is -2.54. The van der Waals surface area contributed by atoms with Gasteiger partial charge in [0.05, 0.1) is 24.4 Å². The fourth-order valence-electron chi connectivity index (χ4n) is 2.46. The molecule has 0 radical (unpaired) electrons. The molecule has 1 heterocycles. The largest absolute Gasteiger partial charge is 0.497 e. The Kier molecular flexibility index (Phi) is 4.65. The minimum Gasteiger partial charge on any atom is -0.497 e. The van der Waals surface area contributed by atoms with E-state index in [4.69, 9.17) is 10.00 Å². The lowest BCUT2D eigenvalue weighted by atomic mass is 10.1. The lowest BCUT2D eigenvalue weighted by Crippen LogP contribution is -2.14. The molecule has 0 aliphatic rings. The van der Waals surface area contributed by atoms with Gasteiger partial charge in [-0.05, 0) is 35.9 Å². The number of benzene rings is 2. The maximum absolute atomic E-state index is 14.0. The molecular weight excluding hydrogens is 357 g/mol. The number of nitriles is 1. The summed E-state index contributed by atoms with van der Waals surface area (Å²) in [6.07, 6.45) is 2.86. The molecule has 0 bridgehead atoms. The molecule has 0 saturated carbocycles. The van der Waals surface area contributed by atoms with Crippen molar-refractivity contribution in [2.75, 3.05) is 11.8 Å². The first-order chi connectivity index (χ1) is 12.4. The molecule has 26 heavy (non-hydrogen) atoms. The predicted octanol–water partition coefficient (Wildman–Crippen LogP) is 3.50. The van der Waals surface area contributed by atoms with E-state index in [0.29, 0.717) is 16.9 Å². The average Bonchev–Trinajstić information content (AvgIpc) is 3.14. The van der Waals surface area contributed by atoms with Crippen molar-refractivity contribution in [1.29, 1.82) is 5.26 Å². The number of ether oxygens (including phenoxy) is 1. The van der Waals surface area contributed by atoms with Gasteiger partial charge in [0.2, 0.25) is 0 Å². The minimum absolute atomic E-state index is 0.0329. The summed E-state index contributed by atoms with van der Waals surface area (Å²) in [4.78, 5) is 2.73. The number of H-pyrrole nitrogens is 1. The van der Waals surface area contributed by atoms with E-state index in [9.17, 15) is 12.8 Å². The molecule has 3 aromatic rings. The van der Waals surface area contributed by atoms with Crippen LogP contribution in [0, 0.1) is 17.1 Å². The summed E-state index contributed by atoms with van der Waals surface area (Å²) in [6.45, 7) is 0. The molecule has 2 aromatic carbocycles. The Morgan fingerprint density at radius 3 is 2.69 bits per heavy atom. The monoisotopic (exact) mass is 371 g/mol. The maximum Gasteiger partial charge on any atom is 0.264 e. The Labute approximate surface area is 149 Å². The van der Waals surface area contributed by atoms with Crippen molar-refractivity contribution < 1.29 is 17.5 Å². The molecule has 0 atom stereocenters. The lowest BCUT2D eigenvalue weighted by molar-refractivity contribution is 0.415. The third-order valence-electron chi connectivity index (χ3n) is 3.72. The number of hydrogen-bond acceptors (Lipinski definition) is 4. The molecule has 3 rings (SSSR count). The van der Waals surface area contributed by atoms with E-state index < -0.39 is 15.8 Å². The van der Waals surface area contributed by atoms with Crippen LogP contribution in [0.4, 0.5) is 10.1 Å². The van der Waals surface area contributed by atoms with Crippen molar-refractivity contribution in [2.45, 2.75) is 4.90 Å². The Morgan fingerprint density at radius 2 is 2.00 bits per heavy atom. The summed E-state index contributed by atoms with van der Waals surface area (Å²) < 4.78 is 46.9. The van der Waals surface area contributed by atoms with E-state index in [0.717, 1.165) is 6.07 Å². The van der Waals surface area contributed by atoms with Crippen LogP contribution in [-0.4, -0.2) is 20.5 Å². The van der Waals surface area contributed by atoms with Crippen molar-refractivity contribution in [3.8, 4) is 22.9 Å². The molecule has 2 N–H and O–H groups in total. The van der Waals surface area contributed by atoms with Crippen molar-refractivity contribution in [1.82, 2.24) is 4.98 Å². The van der Waals surface area contributed by atoms with Crippen LogP contribution in [0.25, 0.3) is 11.1 Å². The number of methoxy groups -OCH3 is 1. The molecule has 0 spiro atoms. The van der Waals surface area contributed by atoms with E-state index in [2.05, 4.69) is 9.71 Å². The second kappa shape index (κ2) is 6.90. The van der Waals surface area contributed by atoms with Gasteiger partial charge in [-0.1, -0.05) is 12.1 Å². The minimum atomic E-state index is -4.06. The average molecular weight is 371 g/mol. The first-order valence-corrected chi connectivity index (χ1v) is 8.96. The van der Waals surface area contributed by atoms with Crippen LogP contribution in [0.3, 0.4) is 0 Å². The first-order valence-electron chi connectivity index (χ1n) is 7.48. The molecule has 0 amide bonds. The van der Waals surface area contributed by atoms with Gasteiger partial charge in [-0.15, -0.1) is 0 Å². The number of hydrogen-bond donors (Lipinski definition) is 2. The Bertz CT molecular complexity index is 1100. The van der Waals surface area contributed by atoms with Crippen LogP contribution >= 0.6 is 0 Å². The SMILES string of the molecule is COc1cccc(-c2c[nH]cc2S(=O)(=O)Nc2ccc(C#N)cc2F)c1. The van der Waals surface area contributed by atoms with Gasteiger partial charge in [0, 0.05) is 18.0 Å². The van der Waals surface area contributed by atoms with Crippen LogP contribution in [0.5, 0.6) is 5.75 Å². The molecule has 0 saturated heterocycles. The van der Waals surface area contributed by atoms with E-state index in [1.165, 1.54) is 25.4 Å². The third-order valence-corrected chi connectivity index (χ3v) is 5.13. The van der Waals surface area contributed by atoms with Gasteiger partial charge in [0.15, 0.2) is 0 Å². The van der Waals surface area contributed by atoms with Crippen LogP contribution in [-0.2, 0) is 10.0 Å². The van der Waals surface area contributed by atoms with E-state index in [1.807, 2.05) is 0 Å². The second-order valence-electron chi connectivity index (χ2n) is 5.38. The molecule has 8 heteroatoms. The second-order valence-corrected chi connectivity index (χ2v) is 7.03. The number of rotatable bonds is 5. The van der Waals surface area contributed by atoms with Crippen molar-refractivity contribution in [3.63, 3.8) is 0 Å². The van der Waals surface area contributed by atoms with Gasteiger partial charge >= 0.3 is 0 Å². The van der Waals surface area contributed by atoms with Gasteiger partial charge in [-0.2, -0.15) is 5.26 Å². The summed E-state index contributed by atoms with van der Waals surface area (Å²) >= 11 is 0. The zero-order valence-electron chi connectivity index (χ0n) is 13.7. The Balaban J connectivity index is 1.99. The zero-order chi connectivity index (χ0) is 18.7. The summed E-state index contributed by atoms with van der Waals surface area (Å²) in [5, 5.41) is 8.77. The normalized spacial score (nSPS) is 11.0. The predicted molar refractivity (Wildman–Crippen MR) is 94.7 cm³/mol. The highest BCUT2D eigenvalue weighted by molar-refractivity contribution is 7.92. The zero-order valence-corrected chi connectivity index (χ0v) is 14.5. The first kappa shape index (κ1) is 17.5. The molecule has 132 valence electrons. The number of anilines is 1. The Morgan fingerprint density at radius 1 is 1.19 bits per heavy atom. The lowest BCUT2D eigenvalue weighted by Gasteiger charge is -2.10. The summed E-state index contributed by atoms with van der Waals surface area (Å²) in [5.41, 5.74) is 0.919. The molecule has 0 fully saturated rings. The molecular formula is C18H14FN3O3S. The third kappa shape index (κ3) is 3.38. The number of sulfonamides is 1. The molecule has 0 aliphatic carbocycles. The molecule has 0 aliphatic heterocycles. The molecule has 6 nitrogen and oxygen atoms in total. The Hall–Kier alpha value is -3.31. The van der Waals surface area contributed by atoms with Crippen molar-refractivity contribution >= 4 is 15.7 Å². The number of aromatic amines is 1. The maximum atomic E-state index is 14.0. The quantitative estimate of drug-likeness (QED) is 0.717. The van der Waals surface area contributed by atoms with Gasteiger partial charge < -0.3 is 9.72 Å². The standard InChI is InChI=1S/C18H14FN3O3S/c1-25-14-4-2-3-13(8-14)15-10-21-11-18(15)26(23,24)22-17-6-5-12(9-20)7-16(17)19/h2-8,10-11,21-22H,1H3. The van der Waals surface area contributed by atoms with Gasteiger partial charge in [0.25, 0.3) is 10.0 Å². The highest BCUT2D eigenvalue weighted by Crippen LogP contribution is 2.31. The molecule has 0 unspecified atom stereocenters. The highest BCUT2D eigenvalue weighted by atomic mass is 32.2. The number of halogens is 1. The smallest absolute Gasteiger partial charge is 0.264 e. The number of nitrogens with one attached hydrogen (secondary N) is 2. The summed E-state index contributed by atoms with van der Waals surface area (Å²) in [6, 6.07) is 12.2. The van der Waals surface area contributed by atoms with Gasteiger partial charge in [-0.25, -0.2) is 12.8 Å². The van der Waals surface area contributed by atoms with E-state index in [1.54, 1.807) is 36.5 Å². The fraction of sp³-hybridized carbons (Fsp3) is 0.0556. The van der Waals surface area contributed by atoms with E-state index in [-0.39, 0.29) is 16.1 Å². The van der Waals surface area contributed by atoms with Crippen LogP contribution in [0.1, 0.15) is 5.56 Å². The highest BCUT2D eigenvalue weighted by Gasteiger charge is 2.22. The summed E-state index contributed by atoms with van der Waals surface area (Å²) in [5.74, 6) is -0.246. The van der Waals surface area contributed by atoms with Crippen molar-refractivity contribution in [2.24, 2.45) is 0 Å². The van der Waals surface area contributed by atoms with Crippen LogP contribution in [0.15, 0.2) is 59.8 Å².